The van der Waals surface area contributed by atoms with Crippen LogP contribution < -0.4 is 5.32 Å². The van der Waals surface area contributed by atoms with Gasteiger partial charge in [0.25, 0.3) is 0 Å². The minimum atomic E-state index is -0.650. The van der Waals surface area contributed by atoms with Gasteiger partial charge in [-0.15, -0.1) is 0 Å². The van der Waals surface area contributed by atoms with E-state index in [1.807, 2.05) is 43.3 Å². The molecular weight excluding hydrogens is 442 g/mol. The Hall–Kier alpha value is -2.96. The molecule has 0 spiro atoms. The lowest BCUT2D eigenvalue weighted by atomic mass is 9.85. The summed E-state index contributed by atoms with van der Waals surface area (Å²) >= 11 is 0. The van der Waals surface area contributed by atoms with E-state index < -0.39 is 6.04 Å². The van der Waals surface area contributed by atoms with E-state index in [1.165, 1.54) is 11.3 Å². The van der Waals surface area contributed by atoms with Gasteiger partial charge in [0.2, 0.25) is 23.6 Å². The molecule has 4 rings (SSSR count). The molecular formula is C28H37N3O4. The van der Waals surface area contributed by atoms with Crippen LogP contribution in [0.2, 0.25) is 0 Å². The van der Waals surface area contributed by atoms with Crippen LogP contribution in [-0.2, 0) is 25.7 Å². The lowest BCUT2D eigenvalue weighted by Gasteiger charge is -2.31. The summed E-state index contributed by atoms with van der Waals surface area (Å²) < 4.78 is 0. The standard InChI is InChI=1S/C28H37N3O4/c1-19-12-14-21(15-13-19)18-31(20(2)26(33)29-22-8-4-3-5-9-22)25(32)16-17-30-27(34)23-10-6-7-11-24(23)28(30)35/h6-7,12-15,20,22-24H,3-5,8-11,16-18H2,1-2H3,(H,29,33)/t20?,23-,24+. The average molecular weight is 480 g/mol. The Morgan fingerprint density at radius 3 is 2.20 bits per heavy atom. The Kier molecular flexibility index (Phi) is 8.04. The lowest BCUT2D eigenvalue weighted by Crippen LogP contribution is -2.51. The summed E-state index contributed by atoms with van der Waals surface area (Å²) in [6.45, 7) is 4.13. The molecule has 3 atom stereocenters. The van der Waals surface area contributed by atoms with Crippen molar-refractivity contribution in [3.05, 3.63) is 47.5 Å². The third kappa shape index (κ3) is 5.82. The summed E-state index contributed by atoms with van der Waals surface area (Å²) in [6, 6.07) is 7.41. The zero-order valence-electron chi connectivity index (χ0n) is 20.9. The number of rotatable bonds is 8. The van der Waals surface area contributed by atoms with Gasteiger partial charge in [-0.2, -0.15) is 0 Å². The fraction of sp³-hybridized carbons (Fsp3) is 0.571. The smallest absolute Gasteiger partial charge is 0.242 e. The Labute approximate surface area is 207 Å². The highest BCUT2D eigenvalue weighted by atomic mass is 16.2. The predicted octanol–water partition coefficient (Wildman–Crippen LogP) is 3.50. The highest BCUT2D eigenvalue weighted by Crippen LogP contribution is 2.35. The molecule has 7 heteroatoms. The van der Waals surface area contributed by atoms with E-state index in [4.69, 9.17) is 0 Å². The number of allylic oxidation sites excluding steroid dienone is 2. The van der Waals surface area contributed by atoms with Gasteiger partial charge in [0.15, 0.2) is 0 Å². The summed E-state index contributed by atoms with van der Waals surface area (Å²) in [5.41, 5.74) is 2.06. The number of fused-ring (bicyclic) bond motifs is 1. The van der Waals surface area contributed by atoms with Crippen LogP contribution in [-0.4, -0.2) is 52.1 Å². The SMILES string of the molecule is Cc1ccc(CN(C(=O)CCN2C(=O)[C@H]3CC=CC[C@H]3C2=O)C(C)C(=O)NC2CCCCC2)cc1. The molecule has 1 saturated heterocycles. The molecule has 1 heterocycles. The largest absolute Gasteiger partial charge is 0.352 e. The predicted molar refractivity (Wildman–Crippen MR) is 133 cm³/mol. The minimum Gasteiger partial charge on any atom is -0.352 e. The van der Waals surface area contributed by atoms with Crippen LogP contribution in [0, 0.1) is 18.8 Å². The van der Waals surface area contributed by atoms with Crippen LogP contribution >= 0.6 is 0 Å². The Morgan fingerprint density at radius 1 is 1.00 bits per heavy atom. The molecule has 1 saturated carbocycles. The molecule has 2 fully saturated rings. The Bertz CT molecular complexity index is 954. The minimum absolute atomic E-state index is 0.0112. The molecule has 1 unspecified atom stereocenters. The fourth-order valence-electron chi connectivity index (χ4n) is 5.48. The third-order valence-electron chi connectivity index (χ3n) is 7.74. The van der Waals surface area contributed by atoms with Gasteiger partial charge in [-0.1, -0.05) is 61.2 Å². The van der Waals surface area contributed by atoms with Gasteiger partial charge in [0.1, 0.15) is 6.04 Å². The van der Waals surface area contributed by atoms with E-state index in [-0.39, 0.29) is 54.5 Å². The average Bonchev–Trinajstić information content (AvgIpc) is 3.11. The number of carbonyl (C=O) groups excluding carboxylic acids is 4. The highest BCUT2D eigenvalue weighted by molar-refractivity contribution is 6.05. The number of benzene rings is 1. The quantitative estimate of drug-likeness (QED) is 0.457. The number of likely N-dealkylation sites (tertiary alicyclic amines) is 1. The van der Waals surface area contributed by atoms with Gasteiger partial charge in [-0.3, -0.25) is 24.1 Å². The second kappa shape index (κ2) is 11.2. The summed E-state index contributed by atoms with van der Waals surface area (Å²) in [4.78, 5) is 55.0. The first-order chi connectivity index (χ1) is 16.8. The molecule has 2 aliphatic carbocycles. The van der Waals surface area contributed by atoms with Crippen molar-refractivity contribution in [3.8, 4) is 0 Å². The first kappa shape index (κ1) is 25.1. The van der Waals surface area contributed by atoms with Gasteiger partial charge in [-0.25, -0.2) is 0 Å². The molecule has 35 heavy (non-hydrogen) atoms. The van der Waals surface area contributed by atoms with E-state index in [0.29, 0.717) is 19.4 Å². The van der Waals surface area contributed by atoms with E-state index in [2.05, 4.69) is 5.32 Å². The fourth-order valence-corrected chi connectivity index (χ4v) is 5.48. The number of aryl methyl sites for hydroxylation is 1. The molecule has 0 aromatic heterocycles. The molecule has 0 radical (unpaired) electrons. The zero-order valence-corrected chi connectivity index (χ0v) is 20.9. The number of imide groups is 1. The Balaban J connectivity index is 1.44. The molecule has 1 N–H and O–H groups in total. The van der Waals surface area contributed by atoms with Crippen molar-refractivity contribution in [1.82, 2.24) is 15.1 Å². The summed E-state index contributed by atoms with van der Waals surface area (Å²) in [5, 5.41) is 3.14. The van der Waals surface area contributed by atoms with Crippen LogP contribution in [0.1, 0.15) is 69.4 Å². The molecule has 7 nitrogen and oxygen atoms in total. The van der Waals surface area contributed by atoms with Crippen molar-refractivity contribution >= 4 is 23.6 Å². The summed E-state index contributed by atoms with van der Waals surface area (Å²) in [5.74, 6) is -1.33. The number of nitrogens with zero attached hydrogens (tertiary/aromatic N) is 2. The number of hydrogen-bond donors (Lipinski definition) is 1. The molecule has 4 amide bonds. The van der Waals surface area contributed by atoms with Crippen LogP contribution in [0.25, 0.3) is 0 Å². The normalized spacial score (nSPS) is 23.2. The van der Waals surface area contributed by atoms with Crippen molar-refractivity contribution in [3.63, 3.8) is 0 Å². The molecule has 188 valence electrons. The molecule has 0 bridgehead atoms. The zero-order chi connectivity index (χ0) is 24.9. The van der Waals surface area contributed by atoms with Crippen molar-refractivity contribution in [1.29, 1.82) is 0 Å². The Morgan fingerprint density at radius 2 is 1.60 bits per heavy atom. The monoisotopic (exact) mass is 479 g/mol. The summed E-state index contributed by atoms with van der Waals surface area (Å²) in [6.07, 6.45) is 10.5. The molecule has 3 aliphatic rings. The van der Waals surface area contributed by atoms with Crippen molar-refractivity contribution in [2.75, 3.05) is 6.54 Å². The maximum Gasteiger partial charge on any atom is 0.242 e. The maximum atomic E-state index is 13.4. The number of hydrogen-bond acceptors (Lipinski definition) is 4. The van der Waals surface area contributed by atoms with Crippen LogP contribution in [0.3, 0.4) is 0 Å². The van der Waals surface area contributed by atoms with E-state index in [9.17, 15) is 19.2 Å². The first-order valence-corrected chi connectivity index (χ1v) is 13.0. The van der Waals surface area contributed by atoms with Gasteiger partial charge in [-0.05, 0) is 45.1 Å². The van der Waals surface area contributed by atoms with Crippen LogP contribution in [0.5, 0.6) is 0 Å². The van der Waals surface area contributed by atoms with Gasteiger partial charge >= 0.3 is 0 Å². The third-order valence-corrected chi connectivity index (χ3v) is 7.74. The van der Waals surface area contributed by atoms with Crippen molar-refractivity contribution in [2.24, 2.45) is 11.8 Å². The second-order valence-corrected chi connectivity index (χ2v) is 10.3. The topological polar surface area (TPSA) is 86.8 Å². The molecule has 1 aromatic rings. The van der Waals surface area contributed by atoms with Crippen molar-refractivity contribution in [2.45, 2.75) is 83.8 Å². The highest BCUT2D eigenvalue weighted by Gasteiger charge is 2.47. The van der Waals surface area contributed by atoms with Gasteiger partial charge < -0.3 is 10.2 Å². The molecule has 1 aliphatic heterocycles. The number of carbonyl (C=O) groups is 4. The number of amides is 4. The van der Waals surface area contributed by atoms with Gasteiger partial charge in [0.05, 0.1) is 11.8 Å². The van der Waals surface area contributed by atoms with Gasteiger partial charge in [0, 0.05) is 25.6 Å². The maximum absolute atomic E-state index is 13.4. The van der Waals surface area contributed by atoms with Crippen molar-refractivity contribution < 1.29 is 19.2 Å². The molecule has 1 aromatic carbocycles. The second-order valence-electron chi connectivity index (χ2n) is 10.3. The summed E-state index contributed by atoms with van der Waals surface area (Å²) in [7, 11) is 0. The lowest BCUT2D eigenvalue weighted by molar-refractivity contribution is -0.144. The van der Waals surface area contributed by atoms with Crippen LogP contribution in [0.15, 0.2) is 36.4 Å². The van der Waals surface area contributed by atoms with E-state index in [1.54, 1.807) is 11.8 Å². The first-order valence-electron chi connectivity index (χ1n) is 13.0. The van der Waals surface area contributed by atoms with E-state index in [0.717, 1.165) is 36.8 Å². The van der Waals surface area contributed by atoms with Crippen LogP contribution in [0.4, 0.5) is 0 Å². The number of nitrogens with one attached hydrogen (secondary N) is 1. The van der Waals surface area contributed by atoms with E-state index >= 15 is 0 Å².